The second kappa shape index (κ2) is 9.08. The van der Waals surface area contributed by atoms with Gasteiger partial charge >= 0.3 is 12.5 Å². The topological polar surface area (TPSA) is 21.7 Å². The second-order valence-corrected chi connectivity index (χ2v) is 7.55. The molecule has 0 saturated carbocycles. The minimum atomic E-state index is -4.86. The van der Waals surface area contributed by atoms with Crippen LogP contribution in [0, 0.1) is 0 Å². The molecule has 2 aromatic carbocycles. The molecular weight excluding hydrogens is 424 g/mol. The predicted octanol–water partition coefficient (Wildman–Crippen LogP) is 6.19. The SMILES string of the molecule is CCC(C)N1CC(OC(c2ccc(OC(F)(F)F)cc2)c2ccccc2C(F)(F)F)C1. The van der Waals surface area contributed by atoms with Crippen molar-refractivity contribution in [3.8, 4) is 5.75 Å². The average molecular weight is 447 g/mol. The van der Waals surface area contributed by atoms with E-state index >= 15 is 0 Å². The number of ether oxygens (including phenoxy) is 2. The maximum absolute atomic E-state index is 13.6. The van der Waals surface area contributed by atoms with Crippen LogP contribution in [0.1, 0.15) is 43.1 Å². The number of halogens is 6. The van der Waals surface area contributed by atoms with E-state index in [-0.39, 0.29) is 11.7 Å². The summed E-state index contributed by atoms with van der Waals surface area (Å²) in [6.07, 6.45) is -9.88. The first-order chi connectivity index (χ1) is 14.5. The van der Waals surface area contributed by atoms with E-state index in [1.54, 1.807) is 0 Å². The Hall–Kier alpha value is -2.26. The summed E-state index contributed by atoms with van der Waals surface area (Å²) in [4.78, 5) is 2.16. The van der Waals surface area contributed by atoms with Gasteiger partial charge in [-0.25, -0.2) is 0 Å². The predicted molar refractivity (Wildman–Crippen MR) is 103 cm³/mol. The Bertz CT molecular complexity index is 860. The van der Waals surface area contributed by atoms with Gasteiger partial charge in [0.15, 0.2) is 0 Å². The number of rotatable bonds is 7. The second-order valence-electron chi connectivity index (χ2n) is 7.55. The monoisotopic (exact) mass is 447 g/mol. The number of likely N-dealkylation sites (tertiary alicyclic amines) is 1. The molecule has 1 fully saturated rings. The van der Waals surface area contributed by atoms with Gasteiger partial charge < -0.3 is 9.47 Å². The summed E-state index contributed by atoms with van der Waals surface area (Å²) in [5.41, 5.74) is -0.608. The van der Waals surface area contributed by atoms with Crippen molar-refractivity contribution in [3.05, 3.63) is 65.2 Å². The summed E-state index contributed by atoms with van der Waals surface area (Å²) in [6, 6.07) is 10.1. The maximum Gasteiger partial charge on any atom is 0.573 e. The van der Waals surface area contributed by atoms with Crippen LogP contribution in [0.4, 0.5) is 26.3 Å². The molecule has 0 aromatic heterocycles. The van der Waals surface area contributed by atoms with E-state index in [0.717, 1.165) is 24.6 Å². The van der Waals surface area contributed by atoms with Gasteiger partial charge in [0.05, 0.1) is 11.7 Å². The first-order valence-corrected chi connectivity index (χ1v) is 9.89. The molecular formula is C22H23F6NO2. The minimum absolute atomic E-state index is 0.0820. The molecule has 1 heterocycles. The lowest BCUT2D eigenvalue weighted by Gasteiger charge is -2.44. The zero-order valence-electron chi connectivity index (χ0n) is 17.0. The van der Waals surface area contributed by atoms with Crippen LogP contribution in [-0.4, -0.2) is 36.5 Å². The van der Waals surface area contributed by atoms with Crippen LogP contribution in [0.25, 0.3) is 0 Å². The Balaban J connectivity index is 1.89. The highest BCUT2D eigenvalue weighted by Gasteiger charge is 2.38. The molecule has 0 radical (unpaired) electrons. The summed E-state index contributed by atoms with van der Waals surface area (Å²) < 4.78 is 88.0. The molecule has 31 heavy (non-hydrogen) atoms. The normalized spacial score (nSPS) is 17.8. The first-order valence-electron chi connectivity index (χ1n) is 9.89. The zero-order chi connectivity index (χ0) is 22.8. The van der Waals surface area contributed by atoms with Gasteiger partial charge in [0.25, 0.3) is 0 Å². The van der Waals surface area contributed by atoms with Gasteiger partial charge in [0.1, 0.15) is 11.9 Å². The highest BCUT2D eigenvalue weighted by atomic mass is 19.4. The van der Waals surface area contributed by atoms with Crippen LogP contribution in [0.3, 0.4) is 0 Å². The van der Waals surface area contributed by atoms with E-state index < -0.39 is 30.0 Å². The van der Waals surface area contributed by atoms with Crippen molar-refractivity contribution in [2.45, 2.75) is 51.1 Å². The van der Waals surface area contributed by atoms with Gasteiger partial charge in [0.2, 0.25) is 0 Å². The smallest absolute Gasteiger partial charge is 0.406 e. The van der Waals surface area contributed by atoms with Crippen LogP contribution in [0.15, 0.2) is 48.5 Å². The van der Waals surface area contributed by atoms with E-state index in [1.807, 2.05) is 6.92 Å². The molecule has 1 aliphatic heterocycles. The van der Waals surface area contributed by atoms with E-state index in [9.17, 15) is 26.3 Å². The molecule has 0 bridgehead atoms. The molecule has 0 spiro atoms. The molecule has 0 amide bonds. The van der Waals surface area contributed by atoms with Gasteiger partial charge in [-0.15, -0.1) is 13.2 Å². The number of hydrogen-bond acceptors (Lipinski definition) is 3. The molecule has 0 N–H and O–H groups in total. The molecule has 9 heteroatoms. The standard InChI is InChI=1S/C22H23F6NO2/c1-3-14(2)29-12-17(13-29)30-20(18-6-4-5-7-19(18)21(23,24)25)15-8-10-16(11-9-15)31-22(26,27)28/h4-11,14,17,20H,3,12-13H2,1-2H3. The van der Waals surface area contributed by atoms with Gasteiger partial charge in [-0.1, -0.05) is 37.3 Å². The third kappa shape index (κ3) is 5.92. The molecule has 2 atom stereocenters. The lowest BCUT2D eigenvalue weighted by molar-refractivity contribution is -0.274. The molecule has 3 nitrogen and oxygen atoms in total. The quantitative estimate of drug-likeness (QED) is 0.473. The first kappa shape index (κ1) is 23.4. The van der Waals surface area contributed by atoms with Crippen LogP contribution in [-0.2, 0) is 10.9 Å². The fraction of sp³-hybridized carbons (Fsp3) is 0.455. The third-order valence-corrected chi connectivity index (χ3v) is 5.38. The lowest BCUT2D eigenvalue weighted by atomic mass is 9.95. The van der Waals surface area contributed by atoms with Crippen molar-refractivity contribution < 1.29 is 35.8 Å². The maximum atomic E-state index is 13.6. The molecule has 170 valence electrons. The van der Waals surface area contributed by atoms with Crippen LogP contribution < -0.4 is 4.74 Å². The van der Waals surface area contributed by atoms with E-state index in [0.29, 0.717) is 24.7 Å². The summed E-state index contributed by atoms with van der Waals surface area (Å²) in [5, 5.41) is 0. The Morgan fingerprint density at radius 2 is 1.58 bits per heavy atom. The van der Waals surface area contributed by atoms with Crippen LogP contribution in [0.5, 0.6) is 5.75 Å². The van der Waals surface area contributed by atoms with E-state index in [1.165, 1.54) is 30.3 Å². The van der Waals surface area contributed by atoms with Crippen molar-refractivity contribution in [2.75, 3.05) is 13.1 Å². The molecule has 3 rings (SSSR count). The van der Waals surface area contributed by atoms with Crippen molar-refractivity contribution in [2.24, 2.45) is 0 Å². The Labute approximate surface area is 176 Å². The summed E-state index contributed by atoms with van der Waals surface area (Å²) >= 11 is 0. The largest absolute Gasteiger partial charge is 0.573 e. The molecule has 0 aliphatic carbocycles. The highest BCUT2D eigenvalue weighted by molar-refractivity contribution is 5.39. The van der Waals surface area contributed by atoms with Crippen molar-refractivity contribution in [1.29, 1.82) is 0 Å². The third-order valence-electron chi connectivity index (χ3n) is 5.38. The zero-order valence-corrected chi connectivity index (χ0v) is 17.0. The van der Waals surface area contributed by atoms with Crippen molar-refractivity contribution >= 4 is 0 Å². The number of nitrogens with zero attached hydrogens (tertiary/aromatic N) is 1. The van der Waals surface area contributed by atoms with Gasteiger partial charge in [-0.2, -0.15) is 13.2 Å². The van der Waals surface area contributed by atoms with E-state index in [4.69, 9.17) is 4.74 Å². The van der Waals surface area contributed by atoms with Crippen LogP contribution >= 0.6 is 0 Å². The average Bonchev–Trinajstić information content (AvgIpc) is 2.66. The summed E-state index contributed by atoms with van der Waals surface area (Å²) in [6.45, 7) is 5.27. The van der Waals surface area contributed by atoms with E-state index in [2.05, 4.69) is 16.6 Å². The molecule has 1 aliphatic rings. The molecule has 2 unspecified atom stereocenters. The van der Waals surface area contributed by atoms with Crippen molar-refractivity contribution in [1.82, 2.24) is 4.90 Å². The summed E-state index contributed by atoms with van der Waals surface area (Å²) in [5.74, 6) is -0.453. The number of alkyl halides is 6. The Morgan fingerprint density at radius 3 is 2.13 bits per heavy atom. The minimum Gasteiger partial charge on any atom is -0.406 e. The fourth-order valence-corrected chi connectivity index (χ4v) is 3.53. The van der Waals surface area contributed by atoms with Gasteiger partial charge in [-0.3, -0.25) is 4.90 Å². The highest BCUT2D eigenvalue weighted by Crippen LogP contribution is 2.40. The number of hydrogen-bond donors (Lipinski definition) is 0. The van der Waals surface area contributed by atoms with Gasteiger partial charge in [-0.05, 0) is 42.7 Å². The van der Waals surface area contributed by atoms with Gasteiger partial charge in [0, 0.05) is 19.1 Å². The Morgan fingerprint density at radius 1 is 0.968 bits per heavy atom. The molecule has 2 aromatic rings. The number of benzene rings is 2. The lowest BCUT2D eigenvalue weighted by Crippen LogP contribution is -2.55. The molecule has 1 saturated heterocycles. The van der Waals surface area contributed by atoms with Crippen LogP contribution in [0.2, 0.25) is 0 Å². The van der Waals surface area contributed by atoms with Crippen molar-refractivity contribution in [3.63, 3.8) is 0 Å². The Kier molecular flexibility index (Phi) is 6.85. The fourth-order valence-electron chi connectivity index (χ4n) is 3.53. The summed E-state index contributed by atoms with van der Waals surface area (Å²) in [7, 11) is 0.